The maximum absolute atomic E-state index is 12.4. The van der Waals surface area contributed by atoms with Gasteiger partial charge in [0.05, 0.1) is 9.73 Å². The minimum absolute atomic E-state index is 0.101. The Kier molecular flexibility index (Phi) is 4.74. The number of aliphatic imine (C=N–C) groups is 1. The van der Waals surface area contributed by atoms with Crippen LogP contribution >= 0.6 is 22.9 Å². The molecule has 0 amide bonds. The summed E-state index contributed by atoms with van der Waals surface area (Å²) in [4.78, 5) is 7.26. The molecule has 2 rings (SSSR count). The van der Waals surface area contributed by atoms with E-state index in [1.807, 2.05) is 0 Å². The summed E-state index contributed by atoms with van der Waals surface area (Å²) >= 11 is 6.40. The van der Waals surface area contributed by atoms with Crippen molar-refractivity contribution in [3.63, 3.8) is 0 Å². The van der Waals surface area contributed by atoms with Crippen molar-refractivity contribution in [2.75, 3.05) is 12.0 Å². The van der Waals surface area contributed by atoms with Crippen molar-refractivity contribution in [1.82, 2.24) is 4.98 Å². The second-order valence-electron chi connectivity index (χ2n) is 4.53. The molecule has 0 aromatic carbocycles. The summed E-state index contributed by atoms with van der Waals surface area (Å²) in [7, 11) is -2.69. The Morgan fingerprint density at radius 1 is 1.57 bits per heavy atom. The lowest BCUT2D eigenvalue weighted by Gasteiger charge is -2.13. The monoisotopic (exact) mass is 357 g/mol. The van der Waals surface area contributed by atoms with Crippen LogP contribution in [-0.4, -0.2) is 27.4 Å². The van der Waals surface area contributed by atoms with E-state index in [1.54, 1.807) is 12.3 Å². The zero-order chi connectivity index (χ0) is 15.7. The van der Waals surface area contributed by atoms with Crippen molar-refractivity contribution < 1.29 is 17.4 Å². The molecule has 116 valence electrons. The lowest BCUT2D eigenvalue weighted by Crippen LogP contribution is -2.17. The molecule has 2 unspecified atom stereocenters. The average molecular weight is 358 g/mol. The number of rotatable bonds is 3. The minimum Gasteiger partial charge on any atom is -0.250 e. The normalized spacial score (nSPS) is 21.8. The molecule has 2 atom stereocenters. The molecular weight excluding hydrogens is 347 g/mol. The highest BCUT2D eigenvalue weighted by Gasteiger charge is 2.33. The van der Waals surface area contributed by atoms with Crippen molar-refractivity contribution in [3.8, 4) is 0 Å². The summed E-state index contributed by atoms with van der Waals surface area (Å²) in [6.07, 6.45) is 0.747. The van der Waals surface area contributed by atoms with E-state index in [9.17, 15) is 17.4 Å². The SMILES string of the molecule is CS(=O)(CC1C=NC(Cl)=CC1)=Nc1nc(C(F)(F)F)cs1. The maximum Gasteiger partial charge on any atom is 0.434 e. The molecule has 1 aliphatic rings. The summed E-state index contributed by atoms with van der Waals surface area (Å²) in [6.45, 7) is 0. The Labute approximate surface area is 128 Å². The molecule has 0 bridgehead atoms. The molecule has 0 aliphatic carbocycles. The molecule has 0 N–H and O–H groups in total. The van der Waals surface area contributed by atoms with Crippen LogP contribution in [0, 0.1) is 5.92 Å². The molecule has 4 nitrogen and oxygen atoms in total. The van der Waals surface area contributed by atoms with E-state index in [2.05, 4.69) is 14.3 Å². The van der Waals surface area contributed by atoms with E-state index in [0.717, 1.165) is 16.7 Å². The standard InChI is InChI=1S/C11H11ClF3N3OS2/c1-21(19,6-7-2-3-9(12)16-4-7)18-10-17-8(5-20-10)11(13,14)15/h3-5,7H,2,6H2,1H3. The Hall–Kier alpha value is -0.930. The van der Waals surface area contributed by atoms with Gasteiger partial charge in [0.15, 0.2) is 5.69 Å². The zero-order valence-corrected chi connectivity index (χ0v) is 13.2. The fraction of sp³-hybridized carbons (Fsp3) is 0.455. The highest BCUT2D eigenvalue weighted by atomic mass is 35.5. The first kappa shape index (κ1) is 16.4. The second kappa shape index (κ2) is 6.05. The lowest BCUT2D eigenvalue weighted by atomic mass is 10.1. The first-order chi connectivity index (χ1) is 9.66. The third-order valence-electron chi connectivity index (χ3n) is 2.57. The number of thiazole rings is 1. The summed E-state index contributed by atoms with van der Waals surface area (Å²) in [5, 5.41) is 1.11. The van der Waals surface area contributed by atoms with Gasteiger partial charge in [-0.25, -0.2) is 14.2 Å². The number of alkyl halides is 3. The summed E-state index contributed by atoms with van der Waals surface area (Å²) in [6, 6.07) is 0. The van der Waals surface area contributed by atoms with Gasteiger partial charge in [0.1, 0.15) is 5.16 Å². The molecular formula is C11H11ClF3N3OS2. The highest BCUT2D eigenvalue weighted by Crippen LogP contribution is 2.33. The van der Waals surface area contributed by atoms with Gasteiger partial charge in [0.2, 0.25) is 5.13 Å². The fourth-order valence-corrected chi connectivity index (χ4v) is 4.49. The van der Waals surface area contributed by atoms with Gasteiger partial charge < -0.3 is 0 Å². The Morgan fingerprint density at radius 3 is 2.81 bits per heavy atom. The quantitative estimate of drug-likeness (QED) is 0.766. The number of halogens is 4. The summed E-state index contributed by atoms with van der Waals surface area (Å²) in [5.41, 5.74) is -1.02. The van der Waals surface area contributed by atoms with E-state index >= 15 is 0 Å². The average Bonchev–Trinajstić information content (AvgIpc) is 2.79. The third-order valence-corrected chi connectivity index (χ3v) is 5.28. The van der Waals surface area contributed by atoms with E-state index in [1.165, 1.54) is 6.26 Å². The first-order valence-electron chi connectivity index (χ1n) is 5.78. The number of aromatic nitrogens is 1. The molecule has 1 aromatic heterocycles. The van der Waals surface area contributed by atoms with E-state index in [-0.39, 0.29) is 16.8 Å². The molecule has 2 heterocycles. The first-order valence-corrected chi connectivity index (χ1v) is 9.13. The van der Waals surface area contributed by atoms with Crippen molar-refractivity contribution in [2.24, 2.45) is 15.3 Å². The summed E-state index contributed by atoms with van der Waals surface area (Å²) < 4.78 is 53.5. The van der Waals surface area contributed by atoms with Crippen LogP contribution in [0.3, 0.4) is 0 Å². The van der Waals surface area contributed by atoms with Crippen LogP contribution in [0.25, 0.3) is 0 Å². The molecule has 0 saturated carbocycles. The fourth-order valence-electron chi connectivity index (χ4n) is 1.69. The minimum atomic E-state index is -4.52. The molecule has 0 saturated heterocycles. The van der Waals surface area contributed by atoms with Gasteiger partial charge in [-0.2, -0.15) is 17.5 Å². The summed E-state index contributed by atoms with van der Waals surface area (Å²) in [5.74, 6) is 0.0914. The van der Waals surface area contributed by atoms with Gasteiger partial charge in [-0.3, -0.25) is 0 Å². The second-order valence-corrected chi connectivity index (χ2v) is 8.19. The van der Waals surface area contributed by atoms with Crippen LogP contribution in [0.1, 0.15) is 12.1 Å². The van der Waals surface area contributed by atoms with Crippen LogP contribution in [-0.2, 0) is 15.9 Å². The van der Waals surface area contributed by atoms with Crippen molar-refractivity contribution >= 4 is 44.0 Å². The van der Waals surface area contributed by atoms with Crippen LogP contribution in [0.15, 0.2) is 26.0 Å². The molecule has 1 aliphatic heterocycles. The lowest BCUT2D eigenvalue weighted by molar-refractivity contribution is -0.140. The van der Waals surface area contributed by atoms with Crippen molar-refractivity contribution in [3.05, 3.63) is 22.3 Å². The topological polar surface area (TPSA) is 54.7 Å². The van der Waals surface area contributed by atoms with Gasteiger partial charge in [-0.15, -0.1) is 11.3 Å². The predicted octanol–water partition coefficient (Wildman–Crippen LogP) is 4.06. The third kappa shape index (κ3) is 4.79. The molecule has 1 aromatic rings. The van der Waals surface area contributed by atoms with Crippen molar-refractivity contribution in [2.45, 2.75) is 12.6 Å². The number of nitrogens with zero attached hydrogens (tertiary/aromatic N) is 3. The Bertz CT molecular complexity index is 702. The molecule has 21 heavy (non-hydrogen) atoms. The highest BCUT2D eigenvalue weighted by molar-refractivity contribution is 7.93. The Morgan fingerprint density at radius 2 is 2.29 bits per heavy atom. The van der Waals surface area contributed by atoms with Gasteiger partial charge in [0, 0.05) is 29.5 Å². The van der Waals surface area contributed by atoms with Crippen LogP contribution in [0.5, 0.6) is 0 Å². The molecule has 0 spiro atoms. The van der Waals surface area contributed by atoms with E-state index in [0.29, 0.717) is 11.6 Å². The maximum atomic E-state index is 12.4. The number of hydrogen-bond donors (Lipinski definition) is 0. The predicted molar refractivity (Wildman–Crippen MR) is 78.7 cm³/mol. The molecule has 0 radical (unpaired) electrons. The van der Waals surface area contributed by atoms with Crippen LogP contribution < -0.4 is 0 Å². The number of allylic oxidation sites excluding steroid dienone is 1. The van der Waals surface area contributed by atoms with Crippen molar-refractivity contribution in [1.29, 1.82) is 0 Å². The van der Waals surface area contributed by atoms with E-state index in [4.69, 9.17) is 11.6 Å². The van der Waals surface area contributed by atoms with E-state index < -0.39 is 21.6 Å². The Balaban J connectivity index is 2.14. The molecule has 0 fully saturated rings. The van der Waals surface area contributed by atoms with Gasteiger partial charge in [-0.05, 0) is 12.5 Å². The molecule has 10 heteroatoms. The van der Waals surface area contributed by atoms with Gasteiger partial charge in [-0.1, -0.05) is 11.6 Å². The van der Waals surface area contributed by atoms with Crippen LogP contribution in [0.4, 0.5) is 18.3 Å². The van der Waals surface area contributed by atoms with Crippen LogP contribution in [0.2, 0.25) is 0 Å². The number of hydrogen-bond acceptors (Lipinski definition) is 5. The van der Waals surface area contributed by atoms with Gasteiger partial charge in [0.25, 0.3) is 0 Å². The van der Waals surface area contributed by atoms with Gasteiger partial charge >= 0.3 is 6.18 Å². The largest absolute Gasteiger partial charge is 0.434 e. The zero-order valence-electron chi connectivity index (χ0n) is 10.8. The smallest absolute Gasteiger partial charge is 0.250 e.